The van der Waals surface area contributed by atoms with Crippen molar-refractivity contribution in [2.24, 2.45) is 0 Å². The summed E-state index contributed by atoms with van der Waals surface area (Å²) >= 11 is 0. The van der Waals surface area contributed by atoms with E-state index < -0.39 is 11.5 Å². The first kappa shape index (κ1) is 16.4. The van der Waals surface area contributed by atoms with Crippen LogP contribution in [0.4, 0.5) is 0 Å². The molecule has 0 saturated carbocycles. The van der Waals surface area contributed by atoms with E-state index in [0.717, 1.165) is 26.1 Å². The highest BCUT2D eigenvalue weighted by Crippen LogP contribution is 2.20. The molecule has 1 fully saturated rings. The number of likely N-dealkylation sites (N-methyl/N-ethyl adjacent to an activating group) is 2. The smallest absolute Gasteiger partial charge is 0.323 e. The normalized spacial score (nSPS) is 26.9. The lowest BCUT2D eigenvalue weighted by Gasteiger charge is -2.43. The van der Waals surface area contributed by atoms with Gasteiger partial charge in [-0.15, -0.1) is 0 Å². The van der Waals surface area contributed by atoms with E-state index in [2.05, 4.69) is 36.0 Å². The van der Waals surface area contributed by atoms with Gasteiger partial charge in [0.25, 0.3) is 0 Å². The van der Waals surface area contributed by atoms with Gasteiger partial charge in [0.05, 0.1) is 0 Å². The summed E-state index contributed by atoms with van der Waals surface area (Å²) in [6.45, 7) is 9.23. The minimum absolute atomic E-state index is 0.274. The summed E-state index contributed by atoms with van der Waals surface area (Å²) in [4.78, 5) is 16.2. The monoisotopic (exact) mass is 271 g/mol. The van der Waals surface area contributed by atoms with Crippen LogP contribution in [0.5, 0.6) is 0 Å². The van der Waals surface area contributed by atoms with Crippen LogP contribution in [0.1, 0.15) is 33.6 Å². The van der Waals surface area contributed by atoms with Crippen molar-refractivity contribution in [3.05, 3.63) is 0 Å². The van der Waals surface area contributed by atoms with E-state index >= 15 is 0 Å². The van der Waals surface area contributed by atoms with Crippen molar-refractivity contribution in [2.45, 2.75) is 51.2 Å². The summed E-state index contributed by atoms with van der Waals surface area (Å²) in [6, 6.07) is 0.859. The average molecular weight is 271 g/mol. The molecule has 1 saturated heterocycles. The summed E-state index contributed by atoms with van der Waals surface area (Å²) < 4.78 is 0. The predicted octanol–water partition coefficient (Wildman–Crippen LogP) is 0.854. The molecule has 112 valence electrons. The van der Waals surface area contributed by atoms with Crippen molar-refractivity contribution >= 4 is 5.97 Å². The molecule has 0 aromatic rings. The molecule has 3 atom stereocenters. The number of carbonyl (C=O) groups is 1. The zero-order chi connectivity index (χ0) is 14.6. The standard InChI is InChI=1S/C14H29N3O2/c1-6-12-10-17(8-7-16(12)5)11(2)9-14(3,15-4)13(18)19/h11-12,15H,6-10H2,1-5H3,(H,18,19). The summed E-state index contributed by atoms with van der Waals surface area (Å²) in [5.74, 6) is -0.775. The lowest BCUT2D eigenvalue weighted by atomic mass is 9.92. The Labute approximate surface area is 117 Å². The topological polar surface area (TPSA) is 55.8 Å². The Morgan fingerprint density at radius 1 is 1.53 bits per heavy atom. The number of nitrogens with one attached hydrogen (secondary N) is 1. The van der Waals surface area contributed by atoms with Gasteiger partial charge in [0.2, 0.25) is 0 Å². The molecule has 3 unspecified atom stereocenters. The van der Waals surface area contributed by atoms with Crippen molar-refractivity contribution in [1.82, 2.24) is 15.1 Å². The second kappa shape index (κ2) is 6.68. The predicted molar refractivity (Wildman–Crippen MR) is 77.5 cm³/mol. The molecule has 5 nitrogen and oxygen atoms in total. The zero-order valence-electron chi connectivity index (χ0n) is 12.9. The Balaban J connectivity index is 2.63. The summed E-state index contributed by atoms with van der Waals surface area (Å²) in [5, 5.41) is 12.3. The van der Waals surface area contributed by atoms with Crippen LogP contribution in [-0.4, -0.2) is 72.2 Å². The molecule has 1 heterocycles. The zero-order valence-corrected chi connectivity index (χ0v) is 12.9. The Morgan fingerprint density at radius 2 is 2.16 bits per heavy atom. The molecule has 0 radical (unpaired) electrons. The van der Waals surface area contributed by atoms with Crippen LogP contribution < -0.4 is 5.32 Å². The van der Waals surface area contributed by atoms with E-state index in [-0.39, 0.29) is 6.04 Å². The third-order valence-electron chi connectivity index (χ3n) is 4.63. The lowest BCUT2D eigenvalue weighted by Crippen LogP contribution is -2.57. The summed E-state index contributed by atoms with van der Waals surface area (Å²) in [5.41, 5.74) is -0.843. The SMILES string of the molecule is CCC1CN(C(C)CC(C)(NC)C(=O)O)CCN1C. The molecule has 0 amide bonds. The van der Waals surface area contributed by atoms with Crippen LogP contribution in [0.25, 0.3) is 0 Å². The van der Waals surface area contributed by atoms with Crippen LogP contribution in [0.15, 0.2) is 0 Å². The van der Waals surface area contributed by atoms with E-state index in [0.29, 0.717) is 12.5 Å². The van der Waals surface area contributed by atoms with Gasteiger partial charge in [-0.3, -0.25) is 9.69 Å². The minimum atomic E-state index is -0.843. The molecule has 0 aliphatic carbocycles. The van der Waals surface area contributed by atoms with Crippen molar-refractivity contribution < 1.29 is 9.90 Å². The number of hydrogen-bond acceptors (Lipinski definition) is 4. The molecule has 0 bridgehead atoms. The molecular formula is C14H29N3O2. The van der Waals surface area contributed by atoms with Crippen molar-refractivity contribution in [3.8, 4) is 0 Å². The largest absolute Gasteiger partial charge is 0.480 e. The fraction of sp³-hybridized carbons (Fsp3) is 0.929. The molecule has 0 spiro atoms. The Kier molecular flexibility index (Phi) is 5.77. The maximum Gasteiger partial charge on any atom is 0.323 e. The van der Waals surface area contributed by atoms with E-state index in [1.807, 2.05) is 0 Å². The Morgan fingerprint density at radius 3 is 2.63 bits per heavy atom. The third-order valence-corrected chi connectivity index (χ3v) is 4.63. The summed E-state index contributed by atoms with van der Waals surface area (Å²) in [7, 11) is 3.89. The van der Waals surface area contributed by atoms with Gasteiger partial charge in [-0.1, -0.05) is 6.92 Å². The number of carboxylic acids is 1. The van der Waals surface area contributed by atoms with E-state index in [1.54, 1.807) is 14.0 Å². The minimum Gasteiger partial charge on any atom is -0.480 e. The van der Waals surface area contributed by atoms with Gasteiger partial charge < -0.3 is 15.3 Å². The number of nitrogens with zero attached hydrogens (tertiary/aromatic N) is 2. The van der Waals surface area contributed by atoms with Crippen LogP contribution in [0, 0.1) is 0 Å². The number of piperazine rings is 1. The van der Waals surface area contributed by atoms with Crippen LogP contribution >= 0.6 is 0 Å². The van der Waals surface area contributed by atoms with Crippen molar-refractivity contribution in [3.63, 3.8) is 0 Å². The van der Waals surface area contributed by atoms with Crippen molar-refractivity contribution in [1.29, 1.82) is 0 Å². The number of rotatable bonds is 6. The fourth-order valence-corrected chi connectivity index (χ4v) is 2.83. The molecule has 2 N–H and O–H groups in total. The van der Waals surface area contributed by atoms with E-state index in [4.69, 9.17) is 0 Å². The van der Waals surface area contributed by atoms with E-state index in [9.17, 15) is 9.90 Å². The number of hydrogen-bond donors (Lipinski definition) is 2. The lowest BCUT2D eigenvalue weighted by molar-refractivity contribution is -0.144. The maximum atomic E-state index is 11.4. The first-order chi connectivity index (χ1) is 8.84. The second-order valence-electron chi connectivity index (χ2n) is 5.98. The van der Waals surface area contributed by atoms with Gasteiger partial charge >= 0.3 is 5.97 Å². The van der Waals surface area contributed by atoms with Crippen molar-refractivity contribution in [2.75, 3.05) is 33.7 Å². The van der Waals surface area contributed by atoms with Crippen LogP contribution in [0.3, 0.4) is 0 Å². The van der Waals surface area contributed by atoms with Gasteiger partial charge in [-0.05, 0) is 40.8 Å². The average Bonchev–Trinajstić information content (AvgIpc) is 2.38. The molecule has 1 aliphatic rings. The second-order valence-corrected chi connectivity index (χ2v) is 5.98. The highest BCUT2D eigenvalue weighted by atomic mass is 16.4. The van der Waals surface area contributed by atoms with Crippen LogP contribution in [0.2, 0.25) is 0 Å². The van der Waals surface area contributed by atoms with Gasteiger partial charge in [-0.25, -0.2) is 0 Å². The van der Waals surface area contributed by atoms with E-state index in [1.165, 1.54) is 0 Å². The highest BCUT2D eigenvalue weighted by Gasteiger charge is 2.36. The molecule has 0 aromatic carbocycles. The van der Waals surface area contributed by atoms with Gasteiger partial charge in [0.15, 0.2) is 0 Å². The third kappa shape index (κ3) is 3.91. The fourth-order valence-electron chi connectivity index (χ4n) is 2.83. The molecule has 19 heavy (non-hydrogen) atoms. The first-order valence-corrected chi connectivity index (χ1v) is 7.20. The van der Waals surface area contributed by atoms with Gasteiger partial charge in [0.1, 0.15) is 5.54 Å². The molecule has 1 rings (SSSR count). The maximum absolute atomic E-state index is 11.4. The van der Waals surface area contributed by atoms with Crippen LogP contribution in [-0.2, 0) is 4.79 Å². The quantitative estimate of drug-likeness (QED) is 0.750. The molecular weight excluding hydrogens is 242 g/mol. The highest BCUT2D eigenvalue weighted by molar-refractivity contribution is 5.78. The van der Waals surface area contributed by atoms with Gasteiger partial charge in [0, 0.05) is 31.7 Å². The molecule has 5 heteroatoms. The number of aliphatic carboxylic acids is 1. The first-order valence-electron chi connectivity index (χ1n) is 7.20. The van der Waals surface area contributed by atoms with Gasteiger partial charge in [-0.2, -0.15) is 0 Å². The summed E-state index contributed by atoms with van der Waals surface area (Å²) in [6.07, 6.45) is 1.76. The Bertz CT molecular complexity index is 311. The molecule has 1 aliphatic heterocycles. The molecule has 0 aromatic heterocycles. The number of carboxylic acid groups (broad SMARTS) is 1. The Hall–Kier alpha value is -0.650.